The molecular weight excluding hydrogens is 152 g/mol. The van der Waals surface area contributed by atoms with E-state index in [-0.39, 0.29) is 12.0 Å². The highest BCUT2D eigenvalue weighted by atomic mass is 16.3. The van der Waals surface area contributed by atoms with Gasteiger partial charge >= 0.3 is 0 Å². The van der Waals surface area contributed by atoms with Crippen LogP contribution in [-0.4, -0.2) is 17.0 Å². The van der Waals surface area contributed by atoms with Gasteiger partial charge in [-0.25, -0.2) is 0 Å². The van der Waals surface area contributed by atoms with Crippen LogP contribution in [0.3, 0.4) is 0 Å². The standard InChI is InChI=1S/C10H14O2/c11-9-6-1-5-2-7(4-6)10(12)8(9)3-5/h5-9,11H,1-4H2/t5-,6-,7+,8-,9+/m1/s1. The van der Waals surface area contributed by atoms with E-state index in [4.69, 9.17) is 0 Å². The maximum Gasteiger partial charge on any atom is 0.141 e. The second-order valence-corrected chi connectivity index (χ2v) is 4.77. The van der Waals surface area contributed by atoms with Crippen molar-refractivity contribution in [3.63, 3.8) is 0 Å². The van der Waals surface area contributed by atoms with Gasteiger partial charge in [-0.05, 0) is 37.5 Å². The van der Waals surface area contributed by atoms with E-state index in [0.29, 0.717) is 17.6 Å². The fourth-order valence-corrected chi connectivity index (χ4v) is 3.60. The summed E-state index contributed by atoms with van der Waals surface area (Å²) < 4.78 is 0. The van der Waals surface area contributed by atoms with Crippen LogP contribution in [0.5, 0.6) is 0 Å². The maximum atomic E-state index is 11.6. The first kappa shape index (κ1) is 7.07. The lowest BCUT2D eigenvalue weighted by Gasteiger charge is -2.51. The molecule has 0 amide bonds. The third kappa shape index (κ3) is 0.717. The summed E-state index contributed by atoms with van der Waals surface area (Å²) in [6.45, 7) is 0. The normalized spacial score (nSPS) is 56.4. The first-order valence-electron chi connectivity index (χ1n) is 4.97. The Hall–Kier alpha value is -0.370. The fourth-order valence-electron chi connectivity index (χ4n) is 3.60. The minimum atomic E-state index is -0.287. The van der Waals surface area contributed by atoms with Crippen molar-refractivity contribution in [2.24, 2.45) is 23.7 Å². The average Bonchev–Trinajstić information content (AvgIpc) is 2.07. The Kier molecular flexibility index (Phi) is 1.24. The Labute approximate surface area is 72.0 Å². The van der Waals surface area contributed by atoms with Crippen LogP contribution in [0.15, 0.2) is 0 Å². The summed E-state index contributed by atoms with van der Waals surface area (Å²) in [5.74, 6) is 1.96. The summed E-state index contributed by atoms with van der Waals surface area (Å²) in [4.78, 5) is 11.6. The highest BCUT2D eigenvalue weighted by Crippen LogP contribution is 2.51. The summed E-state index contributed by atoms with van der Waals surface area (Å²) >= 11 is 0. The summed E-state index contributed by atoms with van der Waals surface area (Å²) in [6, 6.07) is 0. The van der Waals surface area contributed by atoms with E-state index in [1.807, 2.05) is 0 Å². The SMILES string of the molecule is O=C1[C@H]2C[C@H]3C[C@H](C2)[C@H](O)[C@H]1C3. The summed E-state index contributed by atoms with van der Waals surface area (Å²) in [7, 11) is 0. The quantitative estimate of drug-likeness (QED) is 0.582. The molecule has 0 unspecified atom stereocenters. The van der Waals surface area contributed by atoms with Crippen LogP contribution in [0, 0.1) is 23.7 Å². The van der Waals surface area contributed by atoms with E-state index in [0.717, 1.165) is 25.2 Å². The zero-order chi connectivity index (χ0) is 8.29. The minimum Gasteiger partial charge on any atom is -0.392 e. The van der Waals surface area contributed by atoms with Crippen molar-refractivity contribution in [2.75, 3.05) is 0 Å². The Morgan fingerprint density at radius 2 is 2.00 bits per heavy atom. The van der Waals surface area contributed by atoms with E-state index in [2.05, 4.69) is 0 Å². The highest BCUT2D eigenvalue weighted by molar-refractivity contribution is 5.86. The number of hydrogen-bond acceptors (Lipinski definition) is 2. The molecule has 0 aliphatic heterocycles. The lowest BCUT2D eigenvalue weighted by Crippen LogP contribution is -2.53. The van der Waals surface area contributed by atoms with Crippen molar-refractivity contribution in [3.05, 3.63) is 0 Å². The van der Waals surface area contributed by atoms with Crippen molar-refractivity contribution in [1.29, 1.82) is 0 Å². The van der Waals surface area contributed by atoms with Crippen LogP contribution in [0.25, 0.3) is 0 Å². The Bertz CT molecular complexity index is 236. The van der Waals surface area contributed by atoms with Gasteiger partial charge in [0.25, 0.3) is 0 Å². The number of carbonyl (C=O) groups excluding carboxylic acids is 1. The van der Waals surface area contributed by atoms with E-state index >= 15 is 0 Å². The van der Waals surface area contributed by atoms with Gasteiger partial charge in [0.05, 0.1) is 6.10 Å². The third-order valence-corrected chi connectivity index (χ3v) is 4.09. The molecule has 0 aromatic rings. The molecule has 0 spiro atoms. The Balaban J connectivity index is 1.98. The number of rotatable bonds is 0. The lowest BCUT2D eigenvalue weighted by molar-refractivity contribution is -0.154. The topological polar surface area (TPSA) is 37.3 Å². The molecule has 4 bridgehead atoms. The fraction of sp³-hybridized carbons (Fsp3) is 0.900. The van der Waals surface area contributed by atoms with Crippen molar-refractivity contribution in [2.45, 2.75) is 31.8 Å². The largest absolute Gasteiger partial charge is 0.392 e. The van der Waals surface area contributed by atoms with Gasteiger partial charge in [0.1, 0.15) is 5.78 Å². The van der Waals surface area contributed by atoms with Gasteiger partial charge in [-0.2, -0.15) is 0 Å². The molecule has 4 aliphatic rings. The lowest BCUT2D eigenvalue weighted by atomic mass is 9.54. The second kappa shape index (κ2) is 2.11. The molecule has 0 saturated heterocycles. The Morgan fingerprint density at radius 3 is 2.83 bits per heavy atom. The molecule has 4 aliphatic carbocycles. The van der Waals surface area contributed by atoms with Crippen molar-refractivity contribution >= 4 is 5.78 Å². The molecule has 12 heavy (non-hydrogen) atoms. The molecule has 1 N–H and O–H groups in total. The molecule has 2 nitrogen and oxygen atoms in total. The van der Waals surface area contributed by atoms with Crippen molar-refractivity contribution in [3.8, 4) is 0 Å². The number of aliphatic hydroxyl groups is 1. The molecule has 0 radical (unpaired) electrons. The first-order valence-corrected chi connectivity index (χ1v) is 4.97. The molecular formula is C10H14O2. The van der Waals surface area contributed by atoms with E-state index in [1.54, 1.807) is 0 Å². The Morgan fingerprint density at radius 1 is 1.17 bits per heavy atom. The molecule has 4 saturated carbocycles. The van der Waals surface area contributed by atoms with Gasteiger partial charge in [-0.15, -0.1) is 0 Å². The molecule has 4 fully saturated rings. The molecule has 4 rings (SSSR count). The van der Waals surface area contributed by atoms with Gasteiger partial charge in [0, 0.05) is 11.8 Å². The summed E-state index contributed by atoms with van der Waals surface area (Å²) in [5, 5.41) is 9.78. The number of Topliss-reactive ketones (excluding diaryl/α,β-unsaturated/α-hetero) is 1. The first-order chi connectivity index (χ1) is 5.75. The maximum absolute atomic E-state index is 11.6. The van der Waals surface area contributed by atoms with Crippen LogP contribution in [-0.2, 0) is 4.79 Å². The van der Waals surface area contributed by atoms with Gasteiger partial charge in [0.2, 0.25) is 0 Å². The zero-order valence-corrected chi connectivity index (χ0v) is 7.07. The predicted octanol–water partition coefficient (Wildman–Crippen LogP) is 0.982. The van der Waals surface area contributed by atoms with Crippen molar-refractivity contribution in [1.82, 2.24) is 0 Å². The number of aliphatic hydroxyl groups excluding tert-OH is 1. The monoisotopic (exact) mass is 166 g/mol. The third-order valence-electron chi connectivity index (χ3n) is 4.09. The van der Waals surface area contributed by atoms with Gasteiger partial charge < -0.3 is 5.11 Å². The predicted molar refractivity (Wildman–Crippen MR) is 43.4 cm³/mol. The molecule has 0 aromatic carbocycles. The van der Waals surface area contributed by atoms with Gasteiger partial charge in [-0.3, -0.25) is 4.79 Å². The number of ketones is 1. The second-order valence-electron chi connectivity index (χ2n) is 4.77. The van der Waals surface area contributed by atoms with E-state index in [1.165, 1.54) is 6.42 Å². The van der Waals surface area contributed by atoms with Crippen LogP contribution in [0.1, 0.15) is 25.7 Å². The van der Waals surface area contributed by atoms with Gasteiger partial charge in [0.15, 0.2) is 0 Å². The molecule has 5 atom stereocenters. The zero-order valence-electron chi connectivity index (χ0n) is 7.07. The summed E-state index contributed by atoms with van der Waals surface area (Å²) in [5.41, 5.74) is 0. The molecule has 0 heterocycles. The van der Waals surface area contributed by atoms with Crippen LogP contribution in [0.2, 0.25) is 0 Å². The van der Waals surface area contributed by atoms with E-state index in [9.17, 15) is 9.90 Å². The molecule has 66 valence electrons. The van der Waals surface area contributed by atoms with Crippen LogP contribution < -0.4 is 0 Å². The summed E-state index contributed by atoms with van der Waals surface area (Å²) in [6.07, 6.45) is 3.98. The number of hydrogen-bond donors (Lipinski definition) is 1. The van der Waals surface area contributed by atoms with E-state index < -0.39 is 0 Å². The van der Waals surface area contributed by atoms with Crippen LogP contribution >= 0.6 is 0 Å². The minimum absolute atomic E-state index is 0.0289. The van der Waals surface area contributed by atoms with Gasteiger partial charge in [-0.1, -0.05) is 0 Å². The molecule has 0 aromatic heterocycles. The number of carbonyl (C=O) groups is 1. The van der Waals surface area contributed by atoms with Crippen LogP contribution in [0.4, 0.5) is 0 Å². The molecule has 2 heteroatoms. The van der Waals surface area contributed by atoms with Crippen molar-refractivity contribution < 1.29 is 9.90 Å². The highest BCUT2D eigenvalue weighted by Gasteiger charge is 2.52. The smallest absolute Gasteiger partial charge is 0.141 e. The average molecular weight is 166 g/mol.